The van der Waals surface area contributed by atoms with Gasteiger partial charge in [-0.25, -0.2) is 0 Å². The number of hydrogen-bond donors (Lipinski definition) is 2. The second-order valence-electron chi connectivity index (χ2n) is 2.90. The Balaban J connectivity index is 2.42. The van der Waals surface area contributed by atoms with Crippen molar-refractivity contribution in [1.82, 2.24) is 10.3 Å². The maximum absolute atomic E-state index is 5.39. The molecule has 1 rings (SSSR count). The van der Waals surface area contributed by atoms with E-state index in [0.29, 0.717) is 0 Å². The number of nitrogens with two attached hydrogens (primary N) is 1. The Labute approximate surface area is 101 Å². The van der Waals surface area contributed by atoms with Gasteiger partial charge in [0, 0.05) is 21.7 Å². The Kier molecular flexibility index (Phi) is 5.62. The van der Waals surface area contributed by atoms with E-state index in [-0.39, 0.29) is 0 Å². The number of hydrogen-bond acceptors (Lipinski definition) is 3. The summed E-state index contributed by atoms with van der Waals surface area (Å²) in [6, 6.07) is 1.99. The first-order chi connectivity index (χ1) is 6.74. The third-order valence-corrected chi connectivity index (χ3v) is 2.85. The van der Waals surface area contributed by atoms with Gasteiger partial charge in [0.25, 0.3) is 0 Å². The molecule has 14 heavy (non-hydrogen) atoms. The van der Waals surface area contributed by atoms with Crippen molar-refractivity contribution in [3.8, 4) is 0 Å². The standard InChI is InChI=1S/C9H13Br2N3/c10-7-4-8(11)9(14-5-7)6-13-3-1-2-12/h4-5,13H,1-3,6,12H2. The van der Waals surface area contributed by atoms with E-state index < -0.39 is 0 Å². The second-order valence-corrected chi connectivity index (χ2v) is 4.67. The van der Waals surface area contributed by atoms with Gasteiger partial charge >= 0.3 is 0 Å². The Hall–Kier alpha value is 0.0300. The summed E-state index contributed by atoms with van der Waals surface area (Å²) in [6.07, 6.45) is 2.79. The van der Waals surface area contributed by atoms with Gasteiger partial charge in [0.05, 0.1) is 5.69 Å². The average molecular weight is 323 g/mol. The van der Waals surface area contributed by atoms with Gasteiger partial charge in [-0.15, -0.1) is 0 Å². The zero-order valence-electron chi connectivity index (χ0n) is 7.76. The second kappa shape index (κ2) is 6.50. The smallest absolute Gasteiger partial charge is 0.0684 e. The highest BCUT2D eigenvalue weighted by Gasteiger charge is 2.00. The minimum Gasteiger partial charge on any atom is -0.330 e. The van der Waals surface area contributed by atoms with Crippen molar-refractivity contribution in [2.45, 2.75) is 13.0 Å². The van der Waals surface area contributed by atoms with Crippen molar-refractivity contribution in [3.63, 3.8) is 0 Å². The van der Waals surface area contributed by atoms with Crippen molar-refractivity contribution in [2.24, 2.45) is 5.73 Å². The fourth-order valence-corrected chi connectivity index (χ4v) is 2.13. The van der Waals surface area contributed by atoms with Gasteiger partial charge in [0.15, 0.2) is 0 Å². The zero-order chi connectivity index (χ0) is 10.4. The molecule has 0 unspecified atom stereocenters. The molecule has 0 aliphatic carbocycles. The van der Waals surface area contributed by atoms with E-state index in [2.05, 4.69) is 42.2 Å². The molecule has 3 nitrogen and oxygen atoms in total. The topological polar surface area (TPSA) is 50.9 Å². The van der Waals surface area contributed by atoms with E-state index >= 15 is 0 Å². The predicted molar refractivity (Wildman–Crippen MR) is 65.0 cm³/mol. The van der Waals surface area contributed by atoms with Gasteiger partial charge in [-0.2, -0.15) is 0 Å². The number of pyridine rings is 1. The number of halogens is 2. The predicted octanol–water partition coefficient (Wildman–Crippen LogP) is 2.05. The van der Waals surface area contributed by atoms with E-state index in [9.17, 15) is 0 Å². The molecule has 1 aromatic heterocycles. The molecular weight excluding hydrogens is 310 g/mol. The Morgan fingerprint density at radius 2 is 2.21 bits per heavy atom. The molecule has 0 fully saturated rings. The third kappa shape index (κ3) is 4.04. The first kappa shape index (κ1) is 12.1. The van der Waals surface area contributed by atoms with Crippen LogP contribution in [0.4, 0.5) is 0 Å². The van der Waals surface area contributed by atoms with Crippen LogP contribution in [0, 0.1) is 0 Å². The lowest BCUT2D eigenvalue weighted by Crippen LogP contribution is -2.18. The van der Waals surface area contributed by atoms with E-state index in [1.54, 1.807) is 6.20 Å². The first-order valence-corrected chi connectivity index (χ1v) is 6.03. The van der Waals surface area contributed by atoms with Crippen LogP contribution in [0.2, 0.25) is 0 Å². The van der Waals surface area contributed by atoms with Crippen LogP contribution in [0.3, 0.4) is 0 Å². The monoisotopic (exact) mass is 321 g/mol. The highest BCUT2D eigenvalue weighted by Crippen LogP contribution is 2.19. The molecule has 0 aliphatic rings. The van der Waals surface area contributed by atoms with Gasteiger partial charge in [-0.1, -0.05) is 0 Å². The van der Waals surface area contributed by atoms with Crippen LogP contribution in [0.5, 0.6) is 0 Å². The largest absolute Gasteiger partial charge is 0.330 e. The van der Waals surface area contributed by atoms with Gasteiger partial charge in [-0.3, -0.25) is 4.98 Å². The lowest BCUT2D eigenvalue weighted by Gasteiger charge is -2.05. The summed E-state index contributed by atoms with van der Waals surface area (Å²) in [7, 11) is 0. The summed E-state index contributed by atoms with van der Waals surface area (Å²) in [6.45, 7) is 2.43. The van der Waals surface area contributed by atoms with Crippen LogP contribution in [0.1, 0.15) is 12.1 Å². The lowest BCUT2D eigenvalue weighted by atomic mass is 10.3. The molecule has 0 amide bonds. The first-order valence-electron chi connectivity index (χ1n) is 4.44. The van der Waals surface area contributed by atoms with Crippen molar-refractivity contribution in [3.05, 3.63) is 26.9 Å². The fraction of sp³-hybridized carbons (Fsp3) is 0.444. The van der Waals surface area contributed by atoms with Gasteiger partial charge in [0.2, 0.25) is 0 Å². The Morgan fingerprint density at radius 3 is 2.86 bits per heavy atom. The molecule has 1 heterocycles. The summed E-state index contributed by atoms with van der Waals surface area (Å²) < 4.78 is 2.00. The van der Waals surface area contributed by atoms with Gasteiger partial charge in [0.1, 0.15) is 0 Å². The Bertz CT molecular complexity index is 291. The molecule has 0 aliphatic heterocycles. The minimum atomic E-state index is 0.724. The highest BCUT2D eigenvalue weighted by atomic mass is 79.9. The number of rotatable bonds is 5. The Morgan fingerprint density at radius 1 is 1.43 bits per heavy atom. The summed E-state index contributed by atoms with van der Waals surface area (Å²) in [5.74, 6) is 0. The molecular formula is C9H13Br2N3. The van der Waals surface area contributed by atoms with Crippen LogP contribution >= 0.6 is 31.9 Å². The van der Waals surface area contributed by atoms with Crippen LogP contribution in [-0.4, -0.2) is 18.1 Å². The normalized spacial score (nSPS) is 10.5. The molecule has 3 N–H and O–H groups in total. The maximum Gasteiger partial charge on any atom is 0.0684 e. The van der Waals surface area contributed by atoms with E-state index in [4.69, 9.17) is 5.73 Å². The summed E-state index contributed by atoms with van der Waals surface area (Å²) in [4.78, 5) is 4.29. The maximum atomic E-state index is 5.39. The number of aromatic nitrogens is 1. The SMILES string of the molecule is NCCCNCc1ncc(Br)cc1Br. The van der Waals surface area contributed by atoms with E-state index in [1.807, 2.05) is 6.07 Å². The number of nitrogens with one attached hydrogen (secondary N) is 1. The molecule has 0 atom stereocenters. The molecule has 0 bridgehead atoms. The van der Waals surface area contributed by atoms with Gasteiger partial charge in [-0.05, 0) is 57.4 Å². The fourth-order valence-electron chi connectivity index (χ4n) is 1.01. The van der Waals surface area contributed by atoms with Crippen molar-refractivity contribution in [2.75, 3.05) is 13.1 Å². The van der Waals surface area contributed by atoms with Crippen LogP contribution in [0.15, 0.2) is 21.2 Å². The summed E-state index contributed by atoms with van der Waals surface area (Å²) in [5.41, 5.74) is 6.41. The molecule has 0 aromatic carbocycles. The van der Waals surface area contributed by atoms with E-state index in [0.717, 1.165) is 40.7 Å². The van der Waals surface area contributed by atoms with Crippen LogP contribution in [-0.2, 0) is 6.54 Å². The molecule has 78 valence electrons. The molecule has 5 heteroatoms. The van der Waals surface area contributed by atoms with Crippen molar-refractivity contribution in [1.29, 1.82) is 0 Å². The highest BCUT2D eigenvalue weighted by molar-refractivity contribution is 9.11. The molecule has 0 saturated carbocycles. The van der Waals surface area contributed by atoms with E-state index in [1.165, 1.54) is 0 Å². The summed E-state index contributed by atoms with van der Waals surface area (Å²) in [5, 5.41) is 3.28. The quantitative estimate of drug-likeness (QED) is 0.816. The number of nitrogens with zero attached hydrogens (tertiary/aromatic N) is 1. The third-order valence-electron chi connectivity index (χ3n) is 1.73. The van der Waals surface area contributed by atoms with Gasteiger partial charge < -0.3 is 11.1 Å². The van der Waals surface area contributed by atoms with Crippen LogP contribution < -0.4 is 11.1 Å². The molecule has 0 saturated heterocycles. The lowest BCUT2D eigenvalue weighted by molar-refractivity contribution is 0.644. The summed E-state index contributed by atoms with van der Waals surface area (Å²) >= 11 is 6.82. The minimum absolute atomic E-state index is 0.724. The van der Waals surface area contributed by atoms with Crippen molar-refractivity contribution < 1.29 is 0 Å². The van der Waals surface area contributed by atoms with Crippen LogP contribution in [0.25, 0.3) is 0 Å². The average Bonchev–Trinajstić information content (AvgIpc) is 2.15. The zero-order valence-corrected chi connectivity index (χ0v) is 10.9. The molecule has 0 radical (unpaired) electrons. The molecule has 0 spiro atoms. The molecule has 1 aromatic rings. The van der Waals surface area contributed by atoms with Crippen molar-refractivity contribution >= 4 is 31.9 Å².